The van der Waals surface area contributed by atoms with E-state index in [0.717, 1.165) is 18.4 Å². The third kappa shape index (κ3) is 5.22. The Bertz CT molecular complexity index is 1040. The number of nitrogens with one attached hydrogen (secondary N) is 1. The van der Waals surface area contributed by atoms with Crippen LogP contribution in [0.2, 0.25) is 0 Å². The van der Waals surface area contributed by atoms with E-state index >= 15 is 0 Å². The van der Waals surface area contributed by atoms with Gasteiger partial charge in [-0.15, -0.1) is 11.3 Å². The second kappa shape index (κ2) is 9.72. The highest BCUT2D eigenvalue weighted by Gasteiger charge is 2.34. The zero-order valence-electron chi connectivity index (χ0n) is 18.2. The van der Waals surface area contributed by atoms with Crippen LogP contribution < -0.4 is 4.72 Å². The summed E-state index contributed by atoms with van der Waals surface area (Å²) < 4.78 is 28.0. The van der Waals surface area contributed by atoms with Crippen LogP contribution in [0.15, 0.2) is 46.0 Å². The Morgan fingerprint density at radius 3 is 2.38 bits per heavy atom. The van der Waals surface area contributed by atoms with Crippen LogP contribution in [0.3, 0.4) is 0 Å². The fourth-order valence-electron chi connectivity index (χ4n) is 4.41. The average Bonchev–Trinajstić information content (AvgIpc) is 3.35. The number of amides is 2. The summed E-state index contributed by atoms with van der Waals surface area (Å²) in [5.41, 5.74) is 1.76. The van der Waals surface area contributed by atoms with Crippen molar-refractivity contribution in [2.75, 3.05) is 26.2 Å². The number of carbonyl (C=O) groups is 2. The summed E-state index contributed by atoms with van der Waals surface area (Å²) in [4.78, 5) is 29.6. The molecule has 1 N–H and O–H groups in total. The summed E-state index contributed by atoms with van der Waals surface area (Å²) in [6.07, 6.45) is 2.77. The van der Waals surface area contributed by atoms with Crippen molar-refractivity contribution < 1.29 is 18.0 Å². The number of nitrogens with zero attached hydrogens (tertiary/aromatic N) is 2. The molecule has 1 atom stereocenters. The van der Waals surface area contributed by atoms with Gasteiger partial charge < -0.3 is 9.80 Å². The van der Waals surface area contributed by atoms with E-state index in [4.69, 9.17) is 0 Å². The van der Waals surface area contributed by atoms with Gasteiger partial charge in [0.15, 0.2) is 0 Å². The maximum absolute atomic E-state index is 13.1. The van der Waals surface area contributed by atoms with E-state index in [-0.39, 0.29) is 23.8 Å². The van der Waals surface area contributed by atoms with Crippen molar-refractivity contribution in [1.82, 2.24) is 14.5 Å². The maximum Gasteiger partial charge on any atom is 0.253 e. The predicted octanol–water partition coefficient (Wildman–Crippen LogP) is 2.88. The Labute approximate surface area is 193 Å². The molecule has 2 fully saturated rings. The molecule has 0 bridgehead atoms. The van der Waals surface area contributed by atoms with E-state index in [2.05, 4.69) is 4.72 Å². The molecule has 4 rings (SSSR count). The Balaban J connectivity index is 1.31. The van der Waals surface area contributed by atoms with E-state index in [1.54, 1.807) is 22.4 Å². The van der Waals surface area contributed by atoms with Gasteiger partial charge in [-0.05, 0) is 56.2 Å². The zero-order valence-corrected chi connectivity index (χ0v) is 19.8. The number of piperidine rings is 2. The van der Waals surface area contributed by atoms with E-state index in [1.165, 1.54) is 11.3 Å². The molecular weight excluding hydrogens is 446 g/mol. The highest BCUT2D eigenvalue weighted by atomic mass is 32.2. The first kappa shape index (κ1) is 22.9. The summed E-state index contributed by atoms with van der Waals surface area (Å²) in [6.45, 7) is 4.15. The zero-order chi connectivity index (χ0) is 22.7. The molecule has 32 heavy (non-hydrogen) atoms. The molecule has 2 aliphatic rings. The van der Waals surface area contributed by atoms with Crippen molar-refractivity contribution in [1.29, 1.82) is 0 Å². The molecule has 3 heterocycles. The van der Waals surface area contributed by atoms with Gasteiger partial charge in [-0.3, -0.25) is 9.59 Å². The highest BCUT2D eigenvalue weighted by molar-refractivity contribution is 7.91. The quantitative estimate of drug-likeness (QED) is 0.720. The number of aryl methyl sites for hydroxylation is 1. The van der Waals surface area contributed by atoms with Gasteiger partial charge in [-0.2, -0.15) is 0 Å². The number of hydrogen-bond donors (Lipinski definition) is 1. The molecule has 2 aliphatic heterocycles. The third-order valence-electron chi connectivity index (χ3n) is 6.24. The largest absolute Gasteiger partial charge is 0.342 e. The van der Waals surface area contributed by atoms with Crippen LogP contribution in [0.1, 0.15) is 41.6 Å². The number of carbonyl (C=O) groups excluding carboxylic acids is 2. The van der Waals surface area contributed by atoms with Crippen molar-refractivity contribution in [3.63, 3.8) is 0 Å². The second-order valence-corrected chi connectivity index (χ2v) is 11.5. The minimum Gasteiger partial charge on any atom is -0.342 e. The molecule has 1 aromatic carbocycles. The minimum atomic E-state index is -3.50. The summed E-state index contributed by atoms with van der Waals surface area (Å²) in [5.74, 6) is -0.146. The molecule has 2 amide bonds. The number of sulfonamides is 1. The van der Waals surface area contributed by atoms with Crippen LogP contribution in [0.25, 0.3) is 0 Å². The molecular formula is C23H29N3O4S2. The molecule has 0 aliphatic carbocycles. The van der Waals surface area contributed by atoms with Crippen molar-refractivity contribution >= 4 is 33.2 Å². The summed E-state index contributed by atoms with van der Waals surface area (Å²) in [7, 11) is -3.50. The monoisotopic (exact) mass is 475 g/mol. The summed E-state index contributed by atoms with van der Waals surface area (Å²) in [6, 6.07) is 10.7. The van der Waals surface area contributed by atoms with Gasteiger partial charge in [0.05, 0.1) is 5.92 Å². The molecule has 0 radical (unpaired) electrons. The highest BCUT2D eigenvalue weighted by Crippen LogP contribution is 2.24. The SMILES string of the molecule is Cc1ccc(C(=O)N2CCCC(C(=O)N3CCC(NS(=O)(=O)c4cccs4)CC3)C2)cc1. The number of hydrogen-bond acceptors (Lipinski definition) is 5. The average molecular weight is 476 g/mol. The van der Waals surface area contributed by atoms with Crippen LogP contribution in [-0.2, 0) is 14.8 Å². The van der Waals surface area contributed by atoms with Crippen molar-refractivity contribution in [2.24, 2.45) is 5.92 Å². The Morgan fingerprint density at radius 2 is 1.72 bits per heavy atom. The Kier molecular flexibility index (Phi) is 6.97. The standard InChI is InChI=1S/C23H29N3O4S2/c1-17-6-8-18(9-7-17)22(27)26-12-2-4-19(16-26)23(28)25-13-10-20(11-14-25)24-32(29,30)21-5-3-15-31-21/h3,5-9,15,19-20,24H,2,4,10-14,16H2,1H3. The normalized spacial score (nSPS) is 20.3. The Hall–Kier alpha value is -2.23. The number of thiophene rings is 1. The topological polar surface area (TPSA) is 86.8 Å². The lowest BCUT2D eigenvalue weighted by molar-refractivity contribution is -0.138. The first-order valence-corrected chi connectivity index (χ1v) is 13.4. The van der Waals surface area contributed by atoms with E-state index in [1.807, 2.05) is 36.1 Å². The molecule has 172 valence electrons. The van der Waals surface area contributed by atoms with Gasteiger partial charge in [0.2, 0.25) is 15.9 Å². The molecule has 1 aromatic heterocycles. The van der Waals surface area contributed by atoms with E-state index < -0.39 is 10.0 Å². The fourth-order valence-corrected chi connectivity index (χ4v) is 6.73. The number of likely N-dealkylation sites (tertiary alicyclic amines) is 2. The first-order valence-electron chi connectivity index (χ1n) is 11.0. The number of rotatable bonds is 5. The second-order valence-electron chi connectivity index (χ2n) is 8.61. The van der Waals surface area contributed by atoms with Crippen molar-refractivity contribution in [3.8, 4) is 0 Å². The van der Waals surface area contributed by atoms with Crippen molar-refractivity contribution in [3.05, 3.63) is 52.9 Å². The van der Waals surface area contributed by atoms with Gasteiger partial charge in [0.1, 0.15) is 4.21 Å². The molecule has 2 saturated heterocycles. The molecule has 2 aromatic rings. The van der Waals surface area contributed by atoms with Crippen LogP contribution in [-0.4, -0.2) is 62.3 Å². The summed E-state index contributed by atoms with van der Waals surface area (Å²) in [5, 5.41) is 1.74. The van der Waals surface area contributed by atoms with Gasteiger partial charge in [0, 0.05) is 37.8 Å². The third-order valence-corrected chi connectivity index (χ3v) is 9.16. The van der Waals surface area contributed by atoms with Gasteiger partial charge in [-0.1, -0.05) is 23.8 Å². The van der Waals surface area contributed by atoms with Gasteiger partial charge >= 0.3 is 0 Å². The summed E-state index contributed by atoms with van der Waals surface area (Å²) >= 11 is 1.20. The maximum atomic E-state index is 13.1. The lowest BCUT2D eigenvalue weighted by Crippen LogP contribution is -2.51. The lowest BCUT2D eigenvalue weighted by atomic mass is 9.94. The molecule has 7 nitrogen and oxygen atoms in total. The lowest BCUT2D eigenvalue weighted by Gasteiger charge is -2.38. The number of benzene rings is 1. The smallest absolute Gasteiger partial charge is 0.253 e. The van der Waals surface area contributed by atoms with E-state index in [9.17, 15) is 18.0 Å². The van der Waals surface area contributed by atoms with Crippen LogP contribution in [0, 0.1) is 12.8 Å². The Morgan fingerprint density at radius 1 is 1.00 bits per heavy atom. The van der Waals surface area contributed by atoms with Crippen LogP contribution in [0.5, 0.6) is 0 Å². The van der Waals surface area contributed by atoms with Gasteiger partial charge in [-0.25, -0.2) is 13.1 Å². The molecule has 9 heteroatoms. The first-order chi connectivity index (χ1) is 15.3. The fraction of sp³-hybridized carbons (Fsp3) is 0.478. The van der Waals surface area contributed by atoms with Crippen LogP contribution >= 0.6 is 11.3 Å². The van der Waals surface area contributed by atoms with Crippen molar-refractivity contribution in [2.45, 2.75) is 42.9 Å². The van der Waals surface area contributed by atoms with Crippen LogP contribution in [0.4, 0.5) is 0 Å². The minimum absolute atomic E-state index is 0.0239. The predicted molar refractivity (Wildman–Crippen MR) is 124 cm³/mol. The van der Waals surface area contributed by atoms with E-state index in [0.29, 0.717) is 48.8 Å². The van der Waals surface area contributed by atoms with Gasteiger partial charge in [0.25, 0.3) is 5.91 Å². The molecule has 0 spiro atoms. The molecule has 0 saturated carbocycles. The molecule has 1 unspecified atom stereocenters.